The number of halogens is 3. The van der Waals surface area contributed by atoms with Crippen molar-refractivity contribution in [2.45, 2.75) is 17.0 Å². The van der Waals surface area contributed by atoms with Crippen molar-refractivity contribution in [1.29, 1.82) is 0 Å². The van der Waals surface area contributed by atoms with Gasteiger partial charge >= 0.3 is 124 Å². The summed E-state index contributed by atoms with van der Waals surface area (Å²) in [6.45, 7) is 2.26. The maximum Gasteiger partial charge on any atom is -1.00 e. The molecule has 0 spiro atoms. The molecular formula is C17H15F3Zr. The molecule has 0 aromatic heterocycles. The Hall–Kier alpha value is -1.15. The van der Waals surface area contributed by atoms with Crippen LogP contribution in [0.3, 0.4) is 0 Å². The first kappa shape index (κ1) is 19.9. The molecule has 0 bridgehead atoms. The van der Waals surface area contributed by atoms with Crippen LogP contribution in [-0.4, -0.2) is 0 Å². The van der Waals surface area contributed by atoms with Gasteiger partial charge in [-0.25, -0.2) is 0 Å². The minimum atomic E-state index is 0. The molecule has 108 valence electrons. The zero-order valence-corrected chi connectivity index (χ0v) is 14.1. The third-order valence-electron chi connectivity index (χ3n) is 3.64. The van der Waals surface area contributed by atoms with Gasteiger partial charge in [0, 0.05) is 0 Å². The van der Waals surface area contributed by atoms with Crippen LogP contribution in [0, 0.1) is 0 Å². The van der Waals surface area contributed by atoms with E-state index in [2.05, 4.69) is 61.5 Å². The van der Waals surface area contributed by atoms with E-state index in [1.807, 2.05) is 0 Å². The number of hydrogen-bond donors (Lipinski definition) is 0. The van der Waals surface area contributed by atoms with Gasteiger partial charge in [-0.3, -0.25) is 0 Å². The Kier molecular flexibility index (Phi) is 7.88. The number of allylic oxidation sites excluding steroid dienone is 1. The van der Waals surface area contributed by atoms with E-state index in [1.54, 1.807) is 30.3 Å². The van der Waals surface area contributed by atoms with Gasteiger partial charge in [0.1, 0.15) is 0 Å². The maximum absolute atomic E-state index is 2.41. The molecule has 1 unspecified atom stereocenters. The Bertz CT molecular complexity index is 609. The average Bonchev–Trinajstić information content (AvgIpc) is 2.77. The second kappa shape index (κ2) is 8.33. The van der Waals surface area contributed by atoms with Crippen molar-refractivity contribution in [3.8, 4) is 11.1 Å². The smallest absolute Gasteiger partial charge is 1.00 e. The van der Waals surface area contributed by atoms with Crippen molar-refractivity contribution in [3.63, 3.8) is 0 Å². The van der Waals surface area contributed by atoms with Crippen molar-refractivity contribution in [1.82, 2.24) is 0 Å². The van der Waals surface area contributed by atoms with E-state index in [0.29, 0.717) is 3.63 Å². The fourth-order valence-corrected chi connectivity index (χ4v) is 3.97. The second-order valence-electron chi connectivity index (χ2n) is 4.68. The van der Waals surface area contributed by atoms with Gasteiger partial charge in [0.15, 0.2) is 0 Å². The molecule has 0 aliphatic heterocycles. The molecule has 0 saturated carbocycles. The predicted molar refractivity (Wildman–Crippen MR) is 72.9 cm³/mol. The second-order valence-corrected chi connectivity index (χ2v) is 6.10. The summed E-state index contributed by atoms with van der Waals surface area (Å²) in [5, 5.41) is 0. The Morgan fingerprint density at radius 2 is 1.57 bits per heavy atom. The first-order valence-electron chi connectivity index (χ1n) is 6.41. The van der Waals surface area contributed by atoms with Gasteiger partial charge in [0.25, 0.3) is 0 Å². The molecular weight excluding hydrogens is 352 g/mol. The molecule has 1 atom stereocenters. The summed E-state index contributed by atoms with van der Waals surface area (Å²) in [7, 11) is 0. The van der Waals surface area contributed by atoms with Crippen molar-refractivity contribution in [2.75, 3.05) is 0 Å². The van der Waals surface area contributed by atoms with E-state index in [1.165, 1.54) is 28.7 Å². The largest absolute Gasteiger partial charge is 1.00 e. The fraction of sp³-hybridized carbons (Fsp3) is 0.176. The summed E-state index contributed by atoms with van der Waals surface area (Å²) in [5.74, 6) is 0. The SMILES string of the molecule is CCC1=Cc2c(-c3ccccc3)cccc2[CH]1[Zr+3].[F-].[F-].[F-]. The van der Waals surface area contributed by atoms with Crippen molar-refractivity contribution in [3.05, 3.63) is 65.2 Å². The van der Waals surface area contributed by atoms with Gasteiger partial charge in [-0.05, 0) is 0 Å². The first-order chi connectivity index (χ1) is 8.81. The minimum Gasteiger partial charge on any atom is -1.00 e. The van der Waals surface area contributed by atoms with Crippen LogP contribution in [0.5, 0.6) is 0 Å². The maximum atomic E-state index is 2.41. The quantitative estimate of drug-likeness (QED) is 0.505. The first-order valence-corrected chi connectivity index (χ1v) is 7.83. The summed E-state index contributed by atoms with van der Waals surface area (Å²) in [4.78, 5) is 0. The van der Waals surface area contributed by atoms with Crippen LogP contribution < -0.4 is 14.1 Å². The van der Waals surface area contributed by atoms with Crippen LogP contribution in [0.2, 0.25) is 0 Å². The molecule has 0 amide bonds. The summed E-state index contributed by atoms with van der Waals surface area (Å²) in [5.41, 5.74) is 7.26. The van der Waals surface area contributed by atoms with Gasteiger partial charge in [-0.15, -0.1) is 0 Å². The summed E-state index contributed by atoms with van der Waals surface area (Å²) < 4.78 is 0.667. The number of rotatable bonds is 2. The number of benzene rings is 2. The molecule has 0 fully saturated rings. The van der Waals surface area contributed by atoms with Crippen LogP contribution in [0.15, 0.2) is 54.1 Å². The Morgan fingerprint density at radius 3 is 2.19 bits per heavy atom. The fourth-order valence-electron chi connectivity index (χ4n) is 2.64. The van der Waals surface area contributed by atoms with Gasteiger partial charge in [-0.2, -0.15) is 0 Å². The summed E-state index contributed by atoms with van der Waals surface area (Å²) >= 11 is 1.60. The topological polar surface area (TPSA) is 0 Å². The number of fused-ring (bicyclic) bond motifs is 1. The van der Waals surface area contributed by atoms with Crippen LogP contribution in [-0.2, 0) is 24.7 Å². The molecule has 0 radical (unpaired) electrons. The average molecular weight is 368 g/mol. The molecule has 2 aromatic carbocycles. The normalized spacial score (nSPS) is 15.0. The van der Waals surface area contributed by atoms with E-state index in [9.17, 15) is 0 Å². The van der Waals surface area contributed by atoms with Gasteiger partial charge < -0.3 is 14.1 Å². The molecule has 4 heteroatoms. The van der Waals surface area contributed by atoms with Crippen LogP contribution >= 0.6 is 0 Å². The summed E-state index contributed by atoms with van der Waals surface area (Å²) in [6, 6.07) is 17.4. The molecule has 1 aliphatic carbocycles. The monoisotopic (exact) mass is 366 g/mol. The minimum absolute atomic E-state index is 0. The zero-order valence-electron chi connectivity index (χ0n) is 11.6. The van der Waals surface area contributed by atoms with Crippen LogP contribution in [0.25, 0.3) is 17.2 Å². The molecule has 0 N–H and O–H groups in total. The molecule has 0 saturated heterocycles. The molecule has 0 nitrogen and oxygen atoms in total. The standard InChI is InChI=1S/C17H15.3FH.Zr/c1-2-13-11-15-9-6-10-16(17(15)12-13)14-7-4-3-5-8-14;;;;/h3-12H,2H2,1H3;3*1H;/q;;;;+3/p-3. The van der Waals surface area contributed by atoms with Crippen LogP contribution in [0.1, 0.15) is 28.1 Å². The summed E-state index contributed by atoms with van der Waals surface area (Å²) in [6.07, 6.45) is 3.58. The van der Waals surface area contributed by atoms with E-state index in [4.69, 9.17) is 0 Å². The van der Waals surface area contributed by atoms with Gasteiger partial charge in [0.05, 0.1) is 0 Å². The molecule has 2 aromatic rings. The van der Waals surface area contributed by atoms with Crippen molar-refractivity contribution >= 4 is 6.08 Å². The van der Waals surface area contributed by atoms with Crippen molar-refractivity contribution < 1.29 is 38.8 Å². The van der Waals surface area contributed by atoms with E-state index in [0.717, 1.165) is 0 Å². The molecule has 0 heterocycles. The number of hydrogen-bond acceptors (Lipinski definition) is 0. The Morgan fingerprint density at radius 1 is 0.905 bits per heavy atom. The molecule has 3 rings (SSSR count). The van der Waals surface area contributed by atoms with E-state index >= 15 is 0 Å². The van der Waals surface area contributed by atoms with E-state index < -0.39 is 0 Å². The predicted octanol–water partition coefficient (Wildman–Crippen LogP) is -4.24. The van der Waals surface area contributed by atoms with Gasteiger partial charge in [-0.1, -0.05) is 0 Å². The third-order valence-corrected chi connectivity index (χ3v) is 5.32. The zero-order chi connectivity index (χ0) is 12.5. The van der Waals surface area contributed by atoms with E-state index in [-0.39, 0.29) is 14.1 Å². The molecule has 1 aliphatic rings. The molecule has 21 heavy (non-hydrogen) atoms. The van der Waals surface area contributed by atoms with Crippen LogP contribution in [0.4, 0.5) is 0 Å². The third kappa shape index (κ3) is 3.55. The Balaban J connectivity index is 0.00000133. The van der Waals surface area contributed by atoms with Gasteiger partial charge in [0.2, 0.25) is 0 Å². The Labute approximate surface area is 138 Å². The van der Waals surface area contributed by atoms with Crippen molar-refractivity contribution in [2.24, 2.45) is 0 Å².